The van der Waals surface area contributed by atoms with Crippen molar-refractivity contribution in [3.8, 4) is 0 Å². The summed E-state index contributed by atoms with van der Waals surface area (Å²) in [6.07, 6.45) is 4.61. The molecular weight excluding hydrogens is 316 g/mol. The molecular formula is C19H26N4S. The van der Waals surface area contributed by atoms with Crippen LogP contribution in [0.4, 0.5) is 0 Å². The first kappa shape index (κ1) is 17.1. The van der Waals surface area contributed by atoms with Crippen LogP contribution in [0.1, 0.15) is 57.6 Å². The van der Waals surface area contributed by atoms with Gasteiger partial charge in [0.25, 0.3) is 0 Å². The highest BCUT2D eigenvalue weighted by molar-refractivity contribution is 8.16. The van der Waals surface area contributed by atoms with Crippen LogP contribution in [0.2, 0.25) is 0 Å². The molecule has 0 saturated heterocycles. The van der Waals surface area contributed by atoms with Crippen LogP contribution in [-0.4, -0.2) is 17.5 Å². The van der Waals surface area contributed by atoms with Gasteiger partial charge in [-0.25, -0.2) is 4.99 Å². The molecule has 5 heteroatoms. The number of nitrogens with one attached hydrogen (secondary N) is 2. The van der Waals surface area contributed by atoms with Gasteiger partial charge in [0.05, 0.1) is 5.70 Å². The van der Waals surface area contributed by atoms with Crippen molar-refractivity contribution in [2.75, 3.05) is 6.54 Å². The average molecular weight is 343 g/mol. The maximum atomic E-state index is 4.64. The van der Waals surface area contributed by atoms with Gasteiger partial charge in [0.2, 0.25) is 0 Å². The van der Waals surface area contributed by atoms with Crippen LogP contribution in [-0.2, 0) is 5.41 Å². The lowest BCUT2D eigenvalue weighted by molar-refractivity contribution is 0.590. The van der Waals surface area contributed by atoms with Gasteiger partial charge in [-0.05, 0) is 29.4 Å². The average Bonchev–Trinajstić information content (AvgIpc) is 2.84. The molecule has 0 atom stereocenters. The van der Waals surface area contributed by atoms with E-state index < -0.39 is 0 Å². The first-order valence-electron chi connectivity index (χ1n) is 8.64. The van der Waals surface area contributed by atoms with E-state index in [1.54, 1.807) is 11.8 Å². The summed E-state index contributed by atoms with van der Waals surface area (Å²) in [4.78, 5) is 9.20. The number of aliphatic imine (C=N–C) groups is 2. The lowest BCUT2D eigenvalue weighted by Crippen LogP contribution is -2.37. The number of benzene rings is 1. The molecule has 0 aliphatic carbocycles. The number of hydrogen-bond acceptors (Lipinski definition) is 4. The number of hydrazine groups is 1. The minimum Gasteiger partial charge on any atom is -0.298 e. The van der Waals surface area contributed by atoms with Gasteiger partial charge < -0.3 is 0 Å². The molecule has 0 aromatic heterocycles. The monoisotopic (exact) mass is 342 g/mol. The first-order chi connectivity index (χ1) is 11.5. The lowest BCUT2D eigenvalue weighted by Gasteiger charge is -2.21. The van der Waals surface area contributed by atoms with Gasteiger partial charge in [0, 0.05) is 18.4 Å². The normalized spacial score (nSPS) is 20.5. The molecule has 2 aliphatic heterocycles. The van der Waals surface area contributed by atoms with Crippen molar-refractivity contribution in [1.29, 1.82) is 0 Å². The molecule has 3 rings (SSSR count). The zero-order chi connectivity index (χ0) is 17.0. The Morgan fingerprint density at radius 3 is 2.50 bits per heavy atom. The van der Waals surface area contributed by atoms with Crippen LogP contribution in [0.25, 0.3) is 5.70 Å². The van der Waals surface area contributed by atoms with Crippen LogP contribution < -0.4 is 10.9 Å². The molecule has 2 aliphatic rings. The topological polar surface area (TPSA) is 48.8 Å². The summed E-state index contributed by atoms with van der Waals surface area (Å²) in [7, 11) is 0. The fourth-order valence-electron chi connectivity index (χ4n) is 2.71. The molecule has 0 bridgehead atoms. The van der Waals surface area contributed by atoms with Gasteiger partial charge in [-0.15, -0.1) is 0 Å². The van der Waals surface area contributed by atoms with E-state index in [4.69, 9.17) is 0 Å². The quantitative estimate of drug-likeness (QED) is 0.792. The third-order valence-electron chi connectivity index (χ3n) is 4.24. The van der Waals surface area contributed by atoms with Crippen molar-refractivity contribution in [2.24, 2.45) is 9.98 Å². The van der Waals surface area contributed by atoms with Crippen molar-refractivity contribution < 1.29 is 0 Å². The van der Waals surface area contributed by atoms with Crippen LogP contribution >= 0.6 is 11.8 Å². The molecule has 4 nitrogen and oxygen atoms in total. The Morgan fingerprint density at radius 1 is 1.04 bits per heavy atom. The maximum Gasteiger partial charge on any atom is 0.186 e. The predicted molar refractivity (Wildman–Crippen MR) is 105 cm³/mol. The molecule has 2 N–H and O–H groups in total. The smallest absolute Gasteiger partial charge is 0.186 e. The Hall–Kier alpha value is -1.75. The summed E-state index contributed by atoms with van der Waals surface area (Å²) < 4.78 is 0. The first-order valence-corrected chi connectivity index (χ1v) is 9.52. The fourth-order valence-corrected chi connectivity index (χ4v) is 3.40. The molecule has 1 aromatic carbocycles. The number of hydrogen-bond donors (Lipinski definition) is 2. The van der Waals surface area contributed by atoms with Crippen LogP contribution in [0.3, 0.4) is 0 Å². The molecule has 0 spiro atoms. The second-order valence-corrected chi connectivity index (χ2v) is 8.11. The third kappa shape index (κ3) is 4.41. The summed E-state index contributed by atoms with van der Waals surface area (Å²) in [5, 5.41) is 2.98. The Bertz CT molecular complexity index is 666. The van der Waals surface area contributed by atoms with E-state index in [0.717, 1.165) is 29.7 Å². The zero-order valence-corrected chi connectivity index (χ0v) is 15.5. The summed E-state index contributed by atoms with van der Waals surface area (Å²) in [5.74, 6) is 0.968. The number of rotatable bonds is 1. The van der Waals surface area contributed by atoms with Crippen LogP contribution in [0.5, 0.6) is 0 Å². The van der Waals surface area contributed by atoms with Crippen molar-refractivity contribution in [3.05, 3.63) is 40.8 Å². The van der Waals surface area contributed by atoms with Gasteiger partial charge in [-0.2, -0.15) is 0 Å². The summed E-state index contributed by atoms with van der Waals surface area (Å²) in [5.41, 5.74) is 10.2. The van der Waals surface area contributed by atoms with E-state index in [2.05, 4.69) is 71.3 Å². The molecule has 1 aromatic rings. The van der Waals surface area contributed by atoms with Crippen LogP contribution in [0, 0.1) is 0 Å². The second-order valence-electron chi connectivity index (χ2n) is 7.25. The summed E-state index contributed by atoms with van der Waals surface area (Å²) in [6, 6.07) is 8.73. The summed E-state index contributed by atoms with van der Waals surface area (Å²) >= 11 is 1.61. The largest absolute Gasteiger partial charge is 0.298 e. The fraction of sp³-hybridized carbons (Fsp3) is 0.474. The summed E-state index contributed by atoms with van der Waals surface area (Å²) in [6.45, 7) is 7.61. The highest BCUT2D eigenvalue weighted by Gasteiger charge is 2.15. The minimum atomic E-state index is 0.180. The van der Waals surface area contributed by atoms with Gasteiger partial charge in [-0.3, -0.25) is 15.8 Å². The number of thioether (sulfide) groups is 1. The van der Waals surface area contributed by atoms with Crippen molar-refractivity contribution in [1.82, 2.24) is 10.9 Å². The van der Waals surface area contributed by atoms with E-state index in [9.17, 15) is 0 Å². The zero-order valence-electron chi connectivity index (χ0n) is 14.7. The Labute approximate surface area is 148 Å². The number of nitrogens with zero attached hydrogens (tertiary/aromatic N) is 2. The molecule has 0 unspecified atom stereocenters. The molecule has 0 fully saturated rings. The molecule has 0 amide bonds. The third-order valence-corrected chi connectivity index (χ3v) is 5.01. The second kappa shape index (κ2) is 7.43. The van der Waals surface area contributed by atoms with E-state index in [1.165, 1.54) is 30.4 Å². The maximum absolute atomic E-state index is 4.64. The number of amidine groups is 2. The Balaban J connectivity index is 1.68. The van der Waals surface area contributed by atoms with Gasteiger partial charge in [0.1, 0.15) is 5.84 Å². The highest BCUT2D eigenvalue weighted by Crippen LogP contribution is 2.25. The van der Waals surface area contributed by atoms with Crippen molar-refractivity contribution in [3.63, 3.8) is 0 Å². The van der Waals surface area contributed by atoms with E-state index in [1.807, 2.05) is 0 Å². The highest BCUT2D eigenvalue weighted by atomic mass is 32.2. The molecule has 2 heterocycles. The van der Waals surface area contributed by atoms with Gasteiger partial charge in [-0.1, -0.05) is 63.2 Å². The Kier molecular flexibility index (Phi) is 5.29. The molecule has 0 radical (unpaired) electrons. The molecule has 24 heavy (non-hydrogen) atoms. The van der Waals surface area contributed by atoms with E-state index in [-0.39, 0.29) is 5.41 Å². The van der Waals surface area contributed by atoms with Gasteiger partial charge >= 0.3 is 0 Å². The van der Waals surface area contributed by atoms with Crippen molar-refractivity contribution in [2.45, 2.75) is 51.9 Å². The molecule has 0 saturated carbocycles. The van der Waals surface area contributed by atoms with Crippen LogP contribution in [0.15, 0.2) is 39.7 Å². The minimum absolute atomic E-state index is 0.180. The lowest BCUT2D eigenvalue weighted by atomic mass is 9.86. The SMILES string of the molecule is CC(C)(C)c1ccc(C2=CSC(=NC3=NCCCCC3)NN2)cc1. The van der Waals surface area contributed by atoms with Gasteiger partial charge in [0.15, 0.2) is 5.17 Å². The van der Waals surface area contributed by atoms with E-state index in [0.29, 0.717) is 0 Å². The standard InChI is InChI=1S/C19H26N4S/c1-19(2,3)15-10-8-14(9-11-15)16-13-24-18(23-22-16)21-17-7-5-4-6-12-20-17/h8-11,13,22H,4-7,12H2,1-3H3,(H,20,21,23). The predicted octanol–water partition coefficient (Wildman–Crippen LogP) is 4.45. The van der Waals surface area contributed by atoms with E-state index >= 15 is 0 Å². The molecule has 128 valence electrons. The Morgan fingerprint density at radius 2 is 1.83 bits per heavy atom. The van der Waals surface area contributed by atoms with Crippen molar-refractivity contribution >= 4 is 28.5 Å².